The fourth-order valence-electron chi connectivity index (χ4n) is 1.65. The summed E-state index contributed by atoms with van der Waals surface area (Å²) in [6, 6.07) is 0.0952. The van der Waals surface area contributed by atoms with Crippen LogP contribution in [0.4, 0.5) is 0 Å². The Morgan fingerprint density at radius 3 is 2.21 bits per heavy atom. The molecule has 5 heteroatoms. The van der Waals surface area contributed by atoms with Crippen LogP contribution in [-0.2, 0) is 10.0 Å². The third-order valence-electron chi connectivity index (χ3n) is 2.24. The number of hydrogen-bond acceptors (Lipinski definition) is 3. The van der Waals surface area contributed by atoms with E-state index in [0.717, 1.165) is 6.42 Å². The molecule has 1 saturated heterocycles. The van der Waals surface area contributed by atoms with Crippen molar-refractivity contribution in [3.63, 3.8) is 0 Å². The molecule has 0 N–H and O–H groups in total. The summed E-state index contributed by atoms with van der Waals surface area (Å²) in [5.41, 5.74) is 0. The average Bonchev–Trinajstić information content (AvgIpc) is 2.26. The van der Waals surface area contributed by atoms with Crippen molar-refractivity contribution < 1.29 is 8.42 Å². The Balaban J connectivity index is 2.77. The molecule has 0 saturated carbocycles. The number of hydrogen-bond donors (Lipinski definition) is 0. The van der Waals surface area contributed by atoms with Gasteiger partial charge in [-0.2, -0.15) is 4.31 Å². The monoisotopic (exact) mass is 237 g/mol. The van der Waals surface area contributed by atoms with Gasteiger partial charge in [-0.15, -0.1) is 11.8 Å². The molecule has 3 nitrogen and oxygen atoms in total. The van der Waals surface area contributed by atoms with Crippen molar-refractivity contribution in [1.82, 2.24) is 4.31 Å². The van der Waals surface area contributed by atoms with Gasteiger partial charge in [-0.3, -0.25) is 0 Å². The lowest BCUT2D eigenvalue weighted by Gasteiger charge is -2.20. The van der Waals surface area contributed by atoms with Gasteiger partial charge in [-0.25, -0.2) is 8.42 Å². The molecule has 0 amide bonds. The quantitative estimate of drug-likeness (QED) is 0.752. The van der Waals surface area contributed by atoms with Gasteiger partial charge in [0.15, 0.2) is 0 Å². The van der Waals surface area contributed by atoms with Gasteiger partial charge in [-0.1, -0.05) is 13.8 Å². The average molecular weight is 237 g/mol. The van der Waals surface area contributed by atoms with Gasteiger partial charge in [0.1, 0.15) is 4.58 Å². The highest BCUT2D eigenvalue weighted by Crippen LogP contribution is 2.34. The molecule has 1 fully saturated rings. The summed E-state index contributed by atoms with van der Waals surface area (Å²) in [5.74, 6) is 0. The van der Waals surface area contributed by atoms with E-state index in [1.54, 1.807) is 16.1 Å². The van der Waals surface area contributed by atoms with Crippen LogP contribution in [0.3, 0.4) is 0 Å². The molecule has 84 valence electrons. The van der Waals surface area contributed by atoms with Gasteiger partial charge < -0.3 is 0 Å². The molecule has 1 unspecified atom stereocenters. The van der Waals surface area contributed by atoms with E-state index in [9.17, 15) is 8.42 Å². The van der Waals surface area contributed by atoms with Gasteiger partial charge in [0, 0.05) is 17.8 Å². The van der Waals surface area contributed by atoms with E-state index in [1.807, 2.05) is 27.7 Å². The zero-order valence-corrected chi connectivity index (χ0v) is 10.9. The third-order valence-corrected chi connectivity index (χ3v) is 6.55. The molecular formula is C9H19NO2S2. The van der Waals surface area contributed by atoms with Gasteiger partial charge >= 0.3 is 0 Å². The second-order valence-electron chi connectivity index (χ2n) is 4.15. The lowest BCUT2D eigenvalue weighted by molar-refractivity contribution is 0.381. The summed E-state index contributed by atoms with van der Waals surface area (Å²) < 4.78 is 25.4. The van der Waals surface area contributed by atoms with Crippen molar-refractivity contribution >= 4 is 21.8 Å². The number of thioether (sulfide) groups is 1. The Kier molecular flexibility index (Phi) is 3.88. The summed E-state index contributed by atoms with van der Waals surface area (Å²) in [4.78, 5) is 0. The second-order valence-corrected chi connectivity index (χ2v) is 8.30. The zero-order valence-electron chi connectivity index (χ0n) is 9.23. The van der Waals surface area contributed by atoms with Crippen LogP contribution in [0.25, 0.3) is 0 Å². The second kappa shape index (κ2) is 4.41. The molecule has 0 radical (unpaired) electrons. The molecule has 0 spiro atoms. The van der Waals surface area contributed by atoms with E-state index in [4.69, 9.17) is 0 Å². The Morgan fingerprint density at radius 1 is 1.29 bits per heavy atom. The summed E-state index contributed by atoms with van der Waals surface area (Å²) in [5, 5.41) is 0.377. The fourth-order valence-corrected chi connectivity index (χ4v) is 5.72. The summed E-state index contributed by atoms with van der Waals surface area (Å²) in [6.07, 6.45) is 0.767. The fraction of sp³-hybridized carbons (Fsp3) is 1.00. The highest BCUT2D eigenvalue weighted by Gasteiger charge is 2.40. The maximum atomic E-state index is 12.0. The number of sulfonamides is 1. The Morgan fingerprint density at radius 2 is 1.86 bits per heavy atom. The first-order valence-electron chi connectivity index (χ1n) is 5.02. The topological polar surface area (TPSA) is 37.4 Å². The Bertz CT molecular complexity index is 285. The molecule has 1 heterocycles. The lowest BCUT2D eigenvalue weighted by atomic mass is 10.4. The van der Waals surface area contributed by atoms with Crippen LogP contribution in [-0.4, -0.2) is 35.1 Å². The molecule has 1 atom stereocenters. The van der Waals surface area contributed by atoms with Crippen LogP contribution >= 0.6 is 11.8 Å². The molecule has 1 aliphatic rings. The van der Waals surface area contributed by atoms with Crippen molar-refractivity contribution in [3.05, 3.63) is 0 Å². The van der Waals surface area contributed by atoms with E-state index in [2.05, 4.69) is 0 Å². The van der Waals surface area contributed by atoms with Crippen LogP contribution in [0.1, 0.15) is 34.1 Å². The molecule has 0 bridgehead atoms. The van der Waals surface area contributed by atoms with Crippen molar-refractivity contribution in [2.75, 3.05) is 6.54 Å². The minimum absolute atomic E-state index is 0.0952. The largest absolute Gasteiger partial charge is 0.226 e. The van der Waals surface area contributed by atoms with Crippen molar-refractivity contribution in [1.29, 1.82) is 0 Å². The molecular weight excluding hydrogens is 218 g/mol. The molecule has 0 aromatic rings. The zero-order chi connectivity index (χ0) is 10.9. The molecule has 1 rings (SSSR count). The van der Waals surface area contributed by atoms with Crippen molar-refractivity contribution in [2.24, 2.45) is 0 Å². The summed E-state index contributed by atoms with van der Waals surface area (Å²) >= 11 is 1.56. The smallest absolute Gasteiger partial charge is 0.211 e. The Labute approximate surface area is 91.3 Å². The molecule has 0 aromatic heterocycles. The normalized spacial score (nSPS) is 27.7. The van der Waals surface area contributed by atoms with Crippen LogP contribution in [0.15, 0.2) is 0 Å². The van der Waals surface area contributed by atoms with E-state index in [1.165, 1.54) is 0 Å². The standard InChI is InChI=1S/C9H19NO2S2/c1-7(2)10-6-5-9(13-8(3)4)14(10,11)12/h7-9H,5-6H2,1-4H3. The highest BCUT2D eigenvalue weighted by atomic mass is 32.3. The number of nitrogens with zero attached hydrogens (tertiary/aromatic N) is 1. The maximum absolute atomic E-state index is 12.0. The predicted octanol–water partition coefficient (Wildman–Crippen LogP) is 1.90. The van der Waals surface area contributed by atoms with Crippen LogP contribution < -0.4 is 0 Å². The predicted molar refractivity (Wildman–Crippen MR) is 61.9 cm³/mol. The van der Waals surface area contributed by atoms with Gasteiger partial charge in [0.25, 0.3) is 0 Å². The minimum Gasteiger partial charge on any atom is -0.211 e. The van der Waals surface area contributed by atoms with E-state index >= 15 is 0 Å². The van der Waals surface area contributed by atoms with Crippen LogP contribution in [0, 0.1) is 0 Å². The summed E-state index contributed by atoms with van der Waals surface area (Å²) in [7, 11) is -3.03. The van der Waals surface area contributed by atoms with Gasteiger partial charge in [0.05, 0.1) is 0 Å². The molecule has 1 aliphatic heterocycles. The molecule has 0 aliphatic carbocycles. The first-order chi connectivity index (χ1) is 6.35. The Hall–Kier alpha value is 0.260. The number of rotatable bonds is 3. The minimum atomic E-state index is -3.03. The molecule has 0 aromatic carbocycles. The van der Waals surface area contributed by atoms with Crippen molar-refractivity contribution in [3.8, 4) is 0 Å². The van der Waals surface area contributed by atoms with Gasteiger partial charge in [0.2, 0.25) is 10.0 Å². The lowest BCUT2D eigenvalue weighted by Crippen LogP contribution is -2.34. The highest BCUT2D eigenvalue weighted by molar-refractivity contribution is 8.13. The van der Waals surface area contributed by atoms with E-state index in [-0.39, 0.29) is 10.6 Å². The third kappa shape index (κ3) is 2.44. The SMILES string of the molecule is CC(C)SC1CCN(C(C)C)S1(=O)=O. The van der Waals surface area contributed by atoms with Crippen molar-refractivity contribution in [2.45, 2.75) is 50.0 Å². The maximum Gasteiger partial charge on any atom is 0.226 e. The summed E-state index contributed by atoms with van der Waals surface area (Å²) in [6.45, 7) is 8.63. The van der Waals surface area contributed by atoms with E-state index < -0.39 is 10.0 Å². The first kappa shape index (κ1) is 12.3. The first-order valence-corrected chi connectivity index (χ1v) is 7.46. The van der Waals surface area contributed by atoms with Crippen LogP contribution in [0.5, 0.6) is 0 Å². The van der Waals surface area contributed by atoms with Crippen LogP contribution in [0.2, 0.25) is 0 Å². The van der Waals surface area contributed by atoms with Gasteiger partial charge in [-0.05, 0) is 20.3 Å². The molecule has 14 heavy (non-hydrogen) atoms. The van der Waals surface area contributed by atoms with E-state index in [0.29, 0.717) is 11.8 Å².